The van der Waals surface area contributed by atoms with E-state index in [-0.39, 0.29) is 0 Å². The predicted molar refractivity (Wildman–Crippen MR) is 121 cm³/mol. The summed E-state index contributed by atoms with van der Waals surface area (Å²) in [6.45, 7) is 2.30. The molecule has 29 heavy (non-hydrogen) atoms. The fourth-order valence-electron chi connectivity index (χ4n) is 4.34. The van der Waals surface area contributed by atoms with Crippen LogP contribution in [0.4, 0.5) is 8.78 Å². The van der Waals surface area contributed by atoms with Crippen molar-refractivity contribution in [3.05, 3.63) is 70.8 Å². The van der Waals surface area contributed by atoms with Gasteiger partial charge in [0.05, 0.1) is 0 Å². The summed E-state index contributed by atoms with van der Waals surface area (Å²) in [6.07, 6.45) is 9.61. The van der Waals surface area contributed by atoms with Crippen LogP contribution in [0.25, 0.3) is 0 Å². The van der Waals surface area contributed by atoms with Crippen LogP contribution in [0.5, 0.6) is 0 Å². The molecule has 2 aromatic rings. The van der Waals surface area contributed by atoms with Gasteiger partial charge < -0.3 is 0 Å². The van der Waals surface area contributed by atoms with E-state index in [0.29, 0.717) is 5.56 Å². The summed E-state index contributed by atoms with van der Waals surface area (Å²) >= 11 is 0. The van der Waals surface area contributed by atoms with Crippen LogP contribution in [-0.2, 0) is 6.42 Å². The Balaban J connectivity index is 1.43. The lowest BCUT2D eigenvalue weighted by molar-refractivity contribution is 0.437. The van der Waals surface area contributed by atoms with E-state index in [1.54, 1.807) is 18.1 Å². The maximum atomic E-state index is 13.2. The van der Waals surface area contributed by atoms with Gasteiger partial charge in [-0.15, -0.1) is 0 Å². The molecule has 0 spiro atoms. The van der Waals surface area contributed by atoms with E-state index in [1.807, 2.05) is 12.1 Å². The van der Waals surface area contributed by atoms with Gasteiger partial charge in [0.2, 0.25) is 0 Å². The van der Waals surface area contributed by atoms with Crippen LogP contribution in [0.2, 0.25) is 18.1 Å². The Morgan fingerprint density at radius 2 is 1.59 bits per heavy atom. The molecular weight excluding hydrogens is 378 g/mol. The highest BCUT2D eigenvalue weighted by Gasteiger charge is 2.21. The summed E-state index contributed by atoms with van der Waals surface area (Å²) in [7, 11) is -0.402. The molecule has 1 aliphatic heterocycles. The highest BCUT2D eigenvalue weighted by atomic mass is 28.3. The molecular formula is C26H32F2Si. The predicted octanol–water partition coefficient (Wildman–Crippen LogP) is 7.12. The summed E-state index contributed by atoms with van der Waals surface area (Å²) in [5, 5.41) is 0. The molecule has 0 unspecified atom stereocenters. The van der Waals surface area contributed by atoms with Gasteiger partial charge in [-0.3, -0.25) is 0 Å². The number of benzene rings is 2. The lowest BCUT2D eigenvalue weighted by Gasteiger charge is -2.27. The molecule has 3 heteroatoms. The topological polar surface area (TPSA) is 0 Å². The Labute approximate surface area is 176 Å². The van der Waals surface area contributed by atoms with Gasteiger partial charge in [0.25, 0.3) is 0 Å². The SMILES string of the molecule is CCCCC[Si@H]1CC[C@H](CCc2ccc(C#Cc3ccc(F)c(F)c3)cc2)CC1. The first-order valence-corrected chi connectivity index (χ1v) is 13.6. The van der Waals surface area contributed by atoms with Gasteiger partial charge in [0.1, 0.15) is 0 Å². The zero-order valence-electron chi connectivity index (χ0n) is 17.5. The third-order valence-electron chi connectivity index (χ3n) is 6.25. The number of unbranched alkanes of at least 4 members (excludes halogenated alkanes) is 2. The van der Waals surface area contributed by atoms with E-state index in [4.69, 9.17) is 0 Å². The van der Waals surface area contributed by atoms with Crippen molar-refractivity contribution in [3.8, 4) is 11.8 Å². The highest BCUT2D eigenvalue weighted by Crippen LogP contribution is 2.31. The van der Waals surface area contributed by atoms with Crippen molar-refractivity contribution in [2.75, 3.05) is 0 Å². The molecule has 0 bridgehead atoms. The number of aryl methyl sites for hydroxylation is 1. The second kappa shape index (κ2) is 11.3. The number of hydrogen-bond acceptors (Lipinski definition) is 0. The molecule has 0 radical (unpaired) electrons. The zero-order valence-corrected chi connectivity index (χ0v) is 18.7. The average Bonchev–Trinajstić information content (AvgIpc) is 2.75. The van der Waals surface area contributed by atoms with Crippen molar-refractivity contribution in [3.63, 3.8) is 0 Å². The molecule has 1 aliphatic rings. The minimum Gasteiger partial charge on any atom is -0.204 e. The van der Waals surface area contributed by atoms with Gasteiger partial charge in [0.15, 0.2) is 11.6 Å². The standard InChI is InChI=1S/C26H32F2Si/c1-2-3-4-17-29-18-15-23(16-19-29)10-9-21-5-7-22(8-6-21)11-12-24-13-14-25(27)26(28)20-24/h5-8,13-14,20,23,29H,2-4,9-10,15-19H2,1H3/t23-,29-. The minimum absolute atomic E-state index is 0.402. The smallest absolute Gasteiger partial charge is 0.160 e. The van der Waals surface area contributed by atoms with Crippen molar-refractivity contribution < 1.29 is 8.78 Å². The summed E-state index contributed by atoms with van der Waals surface area (Å²) in [5.74, 6) is 5.15. The first-order valence-electron chi connectivity index (χ1n) is 11.2. The summed E-state index contributed by atoms with van der Waals surface area (Å²) in [6, 6.07) is 16.8. The largest absolute Gasteiger partial charge is 0.204 e. The van der Waals surface area contributed by atoms with Gasteiger partial charge in [-0.2, -0.15) is 0 Å². The Bertz CT molecular complexity index is 824. The maximum Gasteiger partial charge on any atom is 0.160 e. The van der Waals surface area contributed by atoms with E-state index in [1.165, 1.54) is 50.2 Å². The van der Waals surface area contributed by atoms with Crippen LogP contribution in [-0.4, -0.2) is 8.80 Å². The fraction of sp³-hybridized carbons (Fsp3) is 0.462. The number of hydrogen-bond donors (Lipinski definition) is 0. The first-order chi connectivity index (χ1) is 14.1. The third-order valence-corrected chi connectivity index (χ3v) is 9.77. The molecule has 0 amide bonds. The van der Waals surface area contributed by atoms with Crippen molar-refractivity contribution in [1.29, 1.82) is 0 Å². The van der Waals surface area contributed by atoms with Crippen molar-refractivity contribution in [1.82, 2.24) is 0 Å². The lowest BCUT2D eigenvalue weighted by atomic mass is 9.94. The molecule has 0 aromatic heterocycles. The van der Waals surface area contributed by atoms with Crippen molar-refractivity contribution >= 4 is 8.80 Å². The third kappa shape index (κ3) is 7.12. The monoisotopic (exact) mass is 410 g/mol. The second-order valence-corrected chi connectivity index (χ2v) is 12.0. The molecule has 154 valence electrons. The summed E-state index contributed by atoms with van der Waals surface area (Å²) in [5.41, 5.74) is 2.75. The van der Waals surface area contributed by atoms with E-state index < -0.39 is 20.4 Å². The van der Waals surface area contributed by atoms with Gasteiger partial charge in [-0.1, -0.05) is 81.1 Å². The van der Waals surface area contributed by atoms with Crippen LogP contribution in [0.15, 0.2) is 42.5 Å². The zero-order chi connectivity index (χ0) is 20.5. The van der Waals surface area contributed by atoms with Crippen molar-refractivity contribution in [2.45, 2.75) is 70.0 Å². The van der Waals surface area contributed by atoms with E-state index in [0.717, 1.165) is 30.0 Å². The van der Waals surface area contributed by atoms with Crippen LogP contribution in [0, 0.1) is 29.4 Å². The second-order valence-electron chi connectivity index (χ2n) is 8.50. The molecule has 2 aromatic carbocycles. The Kier molecular flexibility index (Phi) is 8.49. The highest BCUT2D eigenvalue weighted by molar-refractivity contribution is 6.58. The summed E-state index contributed by atoms with van der Waals surface area (Å²) in [4.78, 5) is 0. The van der Waals surface area contributed by atoms with Gasteiger partial charge >= 0.3 is 0 Å². The van der Waals surface area contributed by atoms with Crippen LogP contribution in [0.1, 0.15) is 62.1 Å². The van der Waals surface area contributed by atoms with Gasteiger partial charge in [0, 0.05) is 19.9 Å². The quantitative estimate of drug-likeness (QED) is 0.259. The molecule has 1 fully saturated rings. The van der Waals surface area contributed by atoms with Gasteiger partial charge in [-0.25, -0.2) is 8.78 Å². The lowest BCUT2D eigenvalue weighted by Crippen LogP contribution is -2.21. The average molecular weight is 411 g/mol. The molecule has 1 heterocycles. The first kappa shape index (κ1) is 21.8. The Hall–Kier alpha value is -1.92. The molecule has 0 aliphatic carbocycles. The molecule has 3 rings (SSSR count). The molecule has 0 saturated carbocycles. The van der Waals surface area contributed by atoms with Crippen molar-refractivity contribution in [2.24, 2.45) is 5.92 Å². The Morgan fingerprint density at radius 3 is 2.28 bits per heavy atom. The van der Waals surface area contributed by atoms with Crippen LogP contribution >= 0.6 is 0 Å². The molecule has 1 saturated heterocycles. The minimum atomic E-state index is -0.857. The maximum absolute atomic E-state index is 13.2. The molecule has 0 atom stereocenters. The summed E-state index contributed by atoms with van der Waals surface area (Å²) < 4.78 is 26.2. The van der Waals surface area contributed by atoms with E-state index in [2.05, 4.69) is 30.9 Å². The number of rotatable bonds is 7. The molecule has 0 nitrogen and oxygen atoms in total. The Morgan fingerprint density at radius 1 is 0.897 bits per heavy atom. The van der Waals surface area contributed by atoms with E-state index >= 15 is 0 Å². The normalized spacial score (nSPS) is 18.9. The number of halogens is 2. The van der Waals surface area contributed by atoms with Gasteiger partial charge in [-0.05, 0) is 54.7 Å². The van der Waals surface area contributed by atoms with Crippen LogP contribution in [0.3, 0.4) is 0 Å². The fourth-order valence-corrected chi connectivity index (χ4v) is 7.95. The van der Waals surface area contributed by atoms with E-state index in [9.17, 15) is 8.78 Å². The molecule has 0 N–H and O–H groups in total. The van der Waals surface area contributed by atoms with Crippen LogP contribution < -0.4 is 0 Å².